The van der Waals surface area contributed by atoms with Gasteiger partial charge >= 0.3 is 0 Å². The molecule has 30 heavy (non-hydrogen) atoms. The number of aromatic nitrogens is 1. The van der Waals surface area contributed by atoms with Crippen LogP contribution in [0.4, 0.5) is 17.1 Å². The number of carbonyl (C=O) groups excluding carboxylic acids is 2. The van der Waals surface area contributed by atoms with Gasteiger partial charge in [0.1, 0.15) is 17.5 Å². The number of nitrogens with one attached hydrogen (secondary N) is 1. The maximum Gasteiger partial charge on any atom is 0.250 e. The average molecular weight is 405 g/mol. The summed E-state index contributed by atoms with van der Waals surface area (Å²) in [6, 6.07) is 12.5. The van der Waals surface area contributed by atoms with Crippen LogP contribution >= 0.6 is 0 Å². The summed E-state index contributed by atoms with van der Waals surface area (Å²) in [4.78, 5) is 40.3. The molecule has 0 radical (unpaired) electrons. The van der Waals surface area contributed by atoms with E-state index in [1.165, 1.54) is 16.7 Å². The number of rotatable bonds is 6. The molecule has 1 aliphatic heterocycles. The minimum atomic E-state index is -0.396. The van der Waals surface area contributed by atoms with Gasteiger partial charge in [-0.1, -0.05) is 12.1 Å². The first-order valence-corrected chi connectivity index (χ1v) is 9.61. The summed E-state index contributed by atoms with van der Waals surface area (Å²) in [5.74, 6) is -0.254. The van der Waals surface area contributed by atoms with Crippen LogP contribution in [0.15, 0.2) is 58.8 Å². The van der Waals surface area contributed by atoms with Crippen molar-refractivity contribution in [2.75, 3.05) is 29.2 Å². The Kier molecular flexibility index (Phi) is 6.02. The Labute approximate surface area is 174 Å². The maximum absolute atomic E-state index is 12.7. The highest BCUT2D eigenvalue weighted by molar-refractivity contribution is 6.04. The van der Waals surface area contributed by atoms with Crippen molar-refractivity contribution in [1.29, 1.82) is 5.26 Å². The van der Waals surface area contributed by atoms with E-state index in [0.717, 1.165) is 11.4 Å². The number of carbonyl (C=O) groups is 2. The Morgan fingerprint density at radius 2 is 1.67 bits per heavy atom. The number of amides is 1. The topological polar surface area (TPSA) is 98.4 Å². The maximum atomic E-state index is 12.7. The van der Waals surface area contributed by atoms with Crippen molar-refractivity contribution in [3.8, 4) is 6.07 Å². The largest absolute Gasteiger partial charge is 0.328 e. The summed E-state index contributed by atoms with van der Waals surface area (Å²) in [6.45, 7) is 2.32. The highest BCUT2D eigenvalue weighted by Crippen LogP contribution is 2.40. The summed E-state index contributed by atoms with van der Waals surface area (Å²) < 4.78 is 1.47. The van der Waals surface area contributed by atoms with Crippen LogP contribution in [0.2, 0.25) is 0 Å². The smallest absolute Gasteiger partial charge is 0.250 e. The monoisotopic (exact) mass is 405 g/mol. The van der Waals surface area contributed by atoms with Crippen molar-refractivity contribution in [2.45, 2.75) is 26.3 Å². The Balaban J connectivity index is 1.71. The second-order valence-electron chi connectivity index (χ2n) is 6.93. The third-order valence-electron chi connectivity index (χ3n) is 5.04. The number of aryl methyl sites for hydroxylation is 1. The third kappa shape index (κ3) is 3.96. The molecule has 0 spiro atoms. The molecular weight excluding hydrogens is 382 g/mol. The van der Waals surface area contributed by atoms with Gasteiger partial charge in [0.05, 0.1) is 17.1 Å². The molecule has 154 valence electrons. The molecule has 1 amide bonds. The van der Waals surface area contributed by atoms with E-state index < -0.39 is 5.78 Å². The van der Waals surface area contributed by atoms with Crippen molar-refractivity contribution in [1.82, 2.24) is 4.57 Å². The molecule has 1 aromatic heterocycles. The van der Waals surface area contributed by atoms with Crippen molar-refractivity contribution >= 4 is 28.8 Å². The summed E-state index contributed by atoms with van der Waals surface area (Å²) in [6.07, 6.45) is 1.40. The summed E-state index contributed by atoms with van der Waals surface area (Å²) in [7, 11) is 3.61. The number of hydrogen-bond acceptors (Lipinski definition) is 6. The van der Waals surface area contributed by atoms with E-state index in [0.29, 0.717) is 18.1 Å². The first-order chi connectivity index (χ1) is 14.4. The highest BCUT2D eigenvalue weighted by Gasteiger charge is 2.31. The van der Waals surface area contributed by atoms with Gasteiger partial charge in [-0.05, 0) is 25.1 Å². The molecule has 2 heterocycles. The average Bonchev–Trinajstić information content (AvgIpc) is 3.00. The standard InChI is InChI=1S/C22H23N5O3/c1-4-27-14-15(9-12-21(27)30)24-20(29)11-10-19(28)16(13-23)22-25(2)17-7-5-6-8-18(17)26(22)3/h5-9,12,14H,4,10-11H2,1-3H3,(H,24,29). The van der Waals surface area contributed by atoms with Crippen LogP contribution in [-0.4, -0.2) is 30.4 Å². The number of pyridine rings is 1. The van der Waals surface area contributed by atoms with Gasteiger partial charge < -0.3 is 19.7 Å². The zero-order valence-corrected chi connectivity index (χ0v) is 17.2. The van der Waals surface area contributed by atoms with Crippen LogP contribution in [0.5, 0.6) is 0 Å². The zero-order valence-electron chi connectivity index (χ0n) is 17.2. The quantitative estimate of drug-likeness (QED) is 0.586. The molecule has 8 heteroatoms. The molecule has 0 saturated carbocycles. The fourth-order valence-electron chi connectivity index (χ4n) is 3.49. The lowest BCUT2D eigenvalue weighted by Gasteiger charge is -2.19. The zero-order chi connectivity index (χ0) is 21.8. The molecule has 8 nitrogen and oxygen atoms in total. The van der Waals surface area contributed by atoms with Crippen LogP contribution in [0.3, 0.4) is 0 Å². The van der Waals surface area contributed by atoms with Gasteiger partial charge in [0, 0.05) is 45.7 Å². The van der Waals surface area contributed by atoms with Crippen LogP contribution in [0, 0.1) is 11.3 Å². The fraction of sp³-hybridized carbons (Fsp3) is 0.273. The van der Waals surface area contributed by atoms with E-state index in [-0.39, 0.29) is 29.9 Å². The Bertz CT molecular complexity index is 1100. The normalized spacial score (nSPS) is 12.4. The van der Waals surface area contributed by atoms with E-state index in [1.807, 2.05) is 37.3 Å². The molecule has 0 bridgehead atoms. The molecule has 0 atom stereocenters. The van der Waals surface area contributed by atoms with E-state index >= 15 is 0 Å². The van der Waals surface area contributed by atoms with Gasteiger partial charge in [-0.15, -0.1) is 0 Å². The lowest BCUT2D eigenvalue weighted by Crippen LogP contribution is -2.26. The Morgan fingerprint density at radius 3 is 2.23 bits per heavy atom. The number of ketones is 1. The summed E-state index contributed by atoms with van der Waals surface area (Å²) >= 11 is 0. The van der Waals surface area contributed by atoms with Crippen molar-refractivity contribution in [2.24, 2.45) is 0 Å². The molecule has 1 N–H and O–H groups in total. The Hall–Kier alpha value is -3.86. The molecule has 0 fully saturated rings. The minimum Gasteiger partial charge on any atom is -0.328 e. The molecule has 1 aliphatic rings. The predicted molar refractivity (Wildman–Crippen MR) is 115 cm³/mol. The number of nitriles is 1. The first kappa shape index (κ1) is 20.9. The number of para-hydroxylation sites is 2. The van der Waals surface area contributed by atoms with Crippen molar-refractivity contribution < 1.29 is 9.59 Å². The lowest BCUT2D eigenvalue weighted by molar-refractivity contribution is -0.120. The number of nitrogens with zero attached hydrogens (tertiary/aromatic N) is 4. The summed E-state index contributed by atoms with van der Waals surface area (Å²) in [5, 5.41) is 12.3. The molecule has 0 unspecified atom stereocenters. The Morgan fingerprint density at radius 1 is 1.03 bits per heavy atom. The molecule has 3 rings (SSSR count). The van der Waals surface area contributed by atoms with E-state index in [1.54, 1.807) is 30.1 Å². The minimum absolute atomic E-state index is 0.0172. The fourth-order valence-corrected chi connectivity index (χ4v) is 3.49. The van der Waals surface area contributed by atoms with Gasteiger partial charge in [-0.2, -0.15) is 5.26 Å². The van der Waals surface area contributed by atoms with Gasteiger partial charge in [0.25, 0.3) is 5.56 Å². The molecule has 0 saturated heterocycles. The second kappa shape index (κ2) is 8.66. The van der Waals surface area contributed by atoms with Gasteiger partial charge in [0.2, 0.25) is 5.91 Å². The van der Waals surface area contributed by atoms with Crippen LogP contribution in [0.1, 0.15) is 19.8 Å². The van der Waals surface area contributed by atoms with Crippen LogP contribution in [-0.2, 0) is 16.1 Å². The molecule has 2 aromatic rings. The van der Waals surface area contributed by atoms with E-state index in [4.69, 9.17) is 0 Å². The molecule has 0 aliphatic carbocycles. The van der Waals surface area contributed by atoms with Crippen LogP contribution < -0.4 is 20.7 Å². The summed E-state index contributed by atoms with van der Waals surface area (Å²) in [5.41, 5.74) is 2.16. The SMILES string of the molecule is CCn1cc(NC(=O)CCC(=O)C(C#N)=C2N(C)c3ccccc3N2C)ccc1=O. The number of hydrogen-bond donors (Lipinski definition) is 1. The molecule has 1 aromatic carbocycles. The van der Waals surface area contributed by atoms with Gasteiger partial charge in [-0.25, -0.2) is 0 Å². The lowest BCUT2D eigenvalue weighted by atomic mass is 10.1. The second-order valence-corrected chi connectivity index (χ2v) is 6.93. The van der Waals surface area contributed by atoms with E-state index in [9.17, 15) is 19.6 Å². The number of Topliss-reactive ketones (excluding diaryl/α,β-unsaturated/α-hetero) is 1. The number of fused-ring (bicyclic) bond motifs is 1. The van der Waals surface area contributed by atoms with Crippen LogP contribution in [0.25, 0.3) is 0 Å². The predicted octanol–water partition coefficient (Wildman–Crippen LogP) is 2.48. The van der Waals surface area contributed by atoms with Crippen molar-refractivity contribution in [3.63, 3.8) is 0 Å². The third-order valence-corrected chi connectivity index (χ3v) is 5.04. The molecular formula is C22H23N5O3. The first-order valence-electron chi connectivity index (χ1n) is 9.61. The number of anilines is 3. The van der Waals surface area contributed by atoms with Crippen molar-refractivity contribution in [3.05, 3.63) is 64.3 Å². The van der Waals surface area contributed by atoms with E-state index in [2.05, 4.69) is 5.32 Å². The number of benzene rings is 1. The van der Waals surface area contributed by atoms with Gasteiger partial charge in [0.15, 0.2) is 5.78 Å². The van der Waals surface area contributed by atoms with Gasteiger partial charge in [-0.3, -0.25) is 14.4 Å². The highest BCUT2D eigenvalue weighted by atomic mass is 16.2. The number of allylic oxidation sites excluding steroid dienone is 1.